The number of hydrogen-bond donors (Lipinski definition) is 0. The second-order valence-electron chi connectivity index (χ2n) is 16.9. The van der Waals surface area contributed by atoms with Crippen LogP contribution in [-0.2, 0) is 0 Å². The molecule has 3 aromatic heterocycles. The number of pyridine rings is 1. The number of aromatic nitrogens is 4. The summed E-state index contributed by atoms with van der Waals surface area (Å²) < 4.78 is 2.05. The Morgan fingerprint density at radius 2 is 0.662 bits per heavy atom. The van der Waals surface area contributed by atoms with Crippen molar-refractivity contribution in [1.29, 1.82) is 0 Å². The monoisotopic (exact) mass is 869 g/mol. The van der Waals surface area contributed by atoms with Crippen LogP contribution in [0.15, 0.2) is 261 Å². The second kappa shape index (κ2) is 17.7. The van der Waals surface area contributed by atoms with E-state index < -0.39 is 0 Å². The van der Waals surface area contributed by atoms with Gasteiger partial charge in [-0.2, -0.15) is 0 Å². The van der Waals surface area contributed by atoms with E-state index in [1.807, 2.05) is 30.5 Å². The molecule has 0 fully saturated rings. The highest BCUT2D eigenvalue weighted by Gasteiger charge is 2.19. The van der Waals surface area contributed by atoms with Gasteiger partial charge in [0.1, 0.15) is 5.65 Å². The topological polar surface area (TPSA) is 46.3 Å². The molecule has 12 rings (SSSR count). The molecule has 0 bridgehead atoms. The third-order valence-electron chi connectivity index (χ3n) is 12.7. The molecule has 0 N–H and O–H groups in total. The Balaban J connectivity index is 0.962. The molecule has 68 heavy (non-hydrogen) atoms. The third kappa shape index (κ3) is 7.88. The van der Waals surface area contributed by atoms with Gasteiger partial charge in [0.25, 0.3) is 0 Å². The van der Waals surface area contributed by atoms with E-state index in [2.05, 4.69) is 240 Å². The number of nitrogens with zero attached hydrogens (tertiary/aromatic N) is 5. The van der Waals surface area contributed by atoms with Crippen molar-refractivity contribution in [3.05, 3.63) is 261 Å². The molecule has 0 spiro atoms. The molecule has 320 valence electrons. The van der Waals surface area contributed by atoms with Crippen molar-refractivity contribution in [2.45, 2.75) is 0 Å². The second-order valence-corrected chi connectivity index (χ2v) is 16.9. The van der Waals surface area contributed by atoms with Crippen molar-refractivity contribution in [1.82, 2.24) is 19.4 Å². The van der Waals surface area contributed by atoms with Gasteiger partial charge in [-0.05, 0) is 105 Å². The number of hydrogen-bond acceptors (Lipinski definition) is 4. The molecule has 0 atom stereocenters. The van der Waals surface area contributed by atoms with E-state index in [0.29, 0.717) is 0 Å². The molecule has 12 aromatic rings. The van der Waals surface area contributed by atoms with Crippen LogP contribution < -0.4 is 4.90 Å². The zero-order valence-corrected chi connectivity index (χ0v) is 37.1. The van der Waals surface area contributed by atoms with Crippen molar-refractivity contribution in [3.63, 3.8) is 0 Å². The molecule has 0 amide bonds. The minimum Gasteiger partial charge on any atom is -0.311 e. The summed E-state index contributed by atoms with van der Waals surface area (Å²) in [5, 5.41) is 0. The number of rotatable bonds is 10. The van der Waals surface area contributed by atoms with Gasteiger partial charge in [0.05, 0.1) is 28.1 Å². The summed E-state index contributed by atoms with van der Waals surface area (Å²) in [4.78, 5) is 18.1. The lowest BCUT2D eigenvalue weighted by Crippen LogP contribution is -2.09. The van der Waals surface area contributed by atoms with Crippen molar-refractivity contribution in [3.8, 4) is 78.3 Å². The van der Waals surface area contributed by atoms with Crippen LogP contribution in [0.1, 0.15) is 0 Å². The summed E-state index contributed by atoms with van der Waals surface area (Å²) >= 11 is 0. The summed E-state index contributed by atoms with van der Waals surface area (Å²) in [6, 6.07) is 87.5. The largest absolute Gasteiger partial charge is 0.311 e. The highest BCUT2D eigenvalue weighted by molar-refractivity contribution is 5.96. The number of fused-ring (bicyclic) bond motifs is 2. The summed E-state index contributed by atoms with van der Waals surface area (Å²) in [5.41, 5.74) is 20.5. The molecule has 0 aliphatic carbocycles. The van der Waals surface area contributed by atoms with Gasteiger partial charge in [-0.1, -0.05) is 188 Å². The normalized spacial score (nSPS) is 11.2. The Labute approximate surface area is 395 Å². The van der Waals surface area contributed by atoms with Gasteiger partial charge in [0, 0.05) is 46.1 Å². The third-order valence-corrected chi connectivity index (χ3v) is 12.7. The van der Waals surface area contributed by atoms with Gasteiger partial charge in [-0.15, -0.1) is 0 Å². The molecule has 0 aliphatic heterocycles. The molecule has 0 saturated heterocycles. The van der Waals surface area contributed by atoms with Crippen LogP contribution in [0.25, 0.3) is 95.0 Å². The van der Waals surface area contributed by atoms with Gasteiger partial charge >= 0.3 is 0 Å². The smallest absolute Gasteiger partial charge is 0.137 e. The van der Waals surface area contributed by atoms with Crippen LogP contribution in [0.2, 0.25) is 0 Å². The van der Waals surface area contributed by atoms with Crippen LogP contribution >= 0.6 is 0 Å². The fourth-order valence-corrected chi connectivity index (χ4v) is 9.17. The van der Waals surface area contributed by atoms with Gasteiger partial charge in [0.15, 0.2) is 0 Å². The maximum atomic E-state index is 5.52. The molecule has 0 saturated carbocycles. The van der Waals surface area contributed by atoms with E-state index in [1.165, 1.54) is 22.3 Å². The Morgan fingerprint density at radius 3 is 1.15 bits per heavy atom. The van der Waals surface area contributed by atoms with Crippen molar-refractivity contribution in [2.24, 2.45) is 0 Å². The quantitative estimate of drug-likeness (QED) is 0.137. The molecule has 5 nitrogen and oxygen atoms in total. The molecule has 9 aromatic carbocycles. The van der Waals surface area contributed by atoms with Crippen LogP contribution in [0, 0.1) is 0 Å². The lowest BCUT2D eigenvalue weighted by Gasteiger charge is -2.26. The summed E-state index contributed by atoms with van der Waals surface area (Å²) in [6.07, 6.45) is 4.10. The van der Waals surface area contributed by atoms with Crippen molar-refractivity contribution in [2.75, 3.05) is 4.90 Å². The van der Waals surface area contributed by atoms with Gasteiger partial charge in [-0.3, -0.25) is 0 Å². The Morgan fingerprint density at radius 1 is 0.294 bits per heavy atom. The first-order chi connectivity index (χ1) is 33.7. The predicted molar refractivity (Wildman–Crippen MR) is 281 cm³/mol. The van der Waals surface area contributed by atoms with Crippen LogP contribution in [0.3, 0.4) is 0 Å². The van der Waals surface area contributed by atoms with E-state index in [4.69, 9.17) is 15.0 Å². The van der Waals surface area contributed by atoms with Gasteiger partial charge in [-0.25, -0.2) is 15.0 Å². The molecule has 0 unspecified atom stereocenters. The summed E-state index contributed by atoms with van der Waals surface area (Å²) in [7, 11) is 0. The first-order valence-electron chi connectivity index (χ1n) is 22.9. The average Bonchev–Trinajstić information content (AvgIpc) is 3.87. The van der Waals surface area contributed by atoms with Crippen LogP contribution in [0.5, 0.6) is 0 Å². The van der Waals surface area contributed by atoms with Gasteiger partial charge in [0.2, 0.25) is 0 Å². The van der Waals surface area contributed by atoms with E-state index in [1.54, 1.807) is 0 Å². The van der Waals surface area contributed by atoms with Crippen molar-refractivity contribution >= 4 is 33.7 Å². The molecule has 0 radical (unpaired) electrons. The Bertz CT molecular complexity index is 3630. The minimum atomic E-state index is 0.823. The van der Waals surface area contributed by atoms with Crippen LogP contribution in [-0.4, -0.2) is 19.4 Å². The summed E-state index contributed by atoms with van der Waals surface area (Å²) in [6.45, 7) is 0. The molecule has 3 heterocycles. The van der Waals surface area contributed by atoms with E-state index in [9.17, 15) is 0 Å². The average molecular weight is 870 g/mol. The Kier molecular flexibility index (Phi) is 10.5. The maximum Gasteiger partial charge on any atom is 0.137 e. The number of imidazole rings is 1. The number of para-hydroxylation sites is 1. The number of benzene rings is 9. The molecular weight excluding hydrogens is 827 g/mol. The van der Waals surface area contributed by atoms with E-state index in [-0.39, 0.29) is 0 Å². The lowest BCUT2D eigenvalue weighted by molar-refractivity contribution is 1.19. The number of anilines is 3. The van der Waals surface area contributed by atoms with Gasteiger partial charge < -0.3 is 9.30 Å². The molecular formula is C63H43N5. The summed E-state index contributed by atoms with van der Waals surface area (Å²) in [5.74, 6) is 0. The van der Waals surface area contributed by atoms with Crippen LogP contribution in [0.4, 0.5) is 17.1 Å². The predicted octanol–water partition coefficient (Wildman–Crippen LogP) is 16.4. The first kappa shape index (κ1) is 40.3. The zero-order valence-electron chi connectivity index (χ0n) is 37.1. The highest BCUT2D eigenvalue weighted by Crippen LogP contribution is 2.41. The fraction of sp³-hybridized carbons (Fsp3) is 0. The highest BCUT2D eigenvalue weighted by atomic mass is 15.1. The lowest BCUT2D eigenvalue weighted by atomic mass is 9.91. The van der Waals surface area contributed by atoms with E-state index >= 15 is 0 Å². The fourth-order valence-electron chi connectivity index (χ4n) is 9.17. The van der Waals surface area contributed by atoms with Crippen molar-refractivity contribution < 1.29 is 0 Å². The minimum absolute atomic E-state index is 0.823. The molecule has 5 heteroatoms. The first-order valence-corrected chi connectivity index (χ1v) is 22.9. The standard InChI is InChI=1S/C63H43N5/c1-5-15-44(16-6-1)46-24-28-48(29-25-46)56-41-58-59(42-57(56)49-30-26-47(27-31-49)45-17-7-2-8-18-45)66-63(62(65-58)51-19-9-3-10-20-51)52-34-38-55(39-35-52)68(53-21-11-4-12-22-53)54-36-32-50(33-37-54)60-43-67-40-14-13-23-61(67)64-60/h1-43H. The Hall–Kier alpha value is -9.19. The maximum absolute atomic E-state index is 5.52. The van der Waals surface area contributed by atoms with E-state index in [0.717, 1.165) is 89.8 Å². The SMILES string of the molecule is c1ccc(-c2ccc(-c3cc4nc(-c5ccccc5)c(-c5ccc(N(c6ccccc6)c6ccc(-c7cn8ccccc8n7)cc6)cc5)nc4cc3-c3ccc(-c4ccccc4)cc3)cc2)cc1. The molecule has 0 aliphatic rings. The zero-order chi connectivity index (χ0) is 45.2.